The van der Waals surface area contributed by atoms with Crippen LogP contribution in [0.1, 0.15) is 30.9 Å². The zero-order valence-electron chi connectivity index (χ0n) is 14.3. The number of hydrogen-bond acceptors (Lipinski definition) is 7. The van der Waals surface area contributed by atoms with Gasteiger partial charge in [0.2, 0.25) is 11.9 Å². The summed E-state index contributed by atoms with van der Waals surface area (Å²) in [4.78, 5) is 25.1. The van der Waals surface area contributed by atoms with Gasteiger partial charge in [-0.2, -0.15) is 4.98 Å². The molecule has 4 rings (SSSR count). The summed E-state index contributed by atoms with van der Waals surface area (Å²) in [5.74, 6) is 1.64. The number of carbonyl (C=O) groups excluding carboxylic acids is 1. The SMILES string of the molecule is NC(=O)C1CCN(c2cc(C3CCOC3)nc(N3CC(O)C3)n2)CC1. The quantitative estimate of drug-likeness (QED) is 0.781. The van der Waals surface area contributed by atoms with Gasteiger partial charge in [-0.3, -0.25) is 4.79 Å². The number of nitrogens with two attached hydrogens (primary N) is 1. The highest BCUT2D eigenvalue weighted by Crippen LogP contribution is 2.30. The molecule has 136 valence electrons. The standard InChI is InChI=1S/C17H25N5O3/c18-16(24)11-1-4-21(5-2-11)15-7-14(12-3-6-25-10-12)19-17(20-15)22-8-13(23)9-22/h7,11-13,23H,1-6,8-10H2,(H2,18,24). The van der Waals surface area contributed by atoms with E-state index < -0.39 is 0 Å². The summed E-state index contributed by atoms with van der Waals surface area (Å²) in [7, 11) is 0. The molecule has 1 amide bonds. The third-order valence-electron chi connectivity index (χ3n) is 5.44. The van der Waals surface area contributed by atoms with Crippen LogP contribution in [0.5, 0.6) is 0 Å². The zero-order chi connectivity index (χ0) is 17.4. The van der Waals surface area contributed by atoms with Crippen LogP contribution in [0.3, 0.4) is 0 Å². The first-order chi connectivity index (χ1) is 12.1. The van der Waals surface area contributed by atoms with Crippen molar-refractivity contribution in [1.82, 2.24) is 9.97 Å². The molecule has 25 heavy (non-hydrogen) atoms. The van der Waals surface area contributed by atoms with Crippen molar-refractivity contribution in [3.8, 4) is 0 Å². The summed E-state index contributed by atoms with van der Waals surface area (Å²) in [6, 6.07) is 2.06. The number of anilines is 2. The second kappa shape index (κ2) is 6.76. The molecule has 1 aromatic heterocycles. The lowest BCUT2D eigenvalue weighted by molar-refractivity contribution is -0.122. The highest BCUT2D eigenvalue weighted by atomic mass is 16.5. The van der Waals surface area contributed by atoms with E-state index in [9.17, 15) is 9.90 Å². The normalized spacial score (nSPS) is 25.2. The molecule has 0 bridgehead atoms. The Labute approximate surface area is 147 Å². The average Bonchev–Trinajstić information content (AvgIpc) is 3.13. The minimum absolute atomic E-state index is 0.0363. The van der Waals surface area contributed by atoms with Gasteiger partial charge in [-0.05, 0) is 19.3 Å². The lowest BCUT2D eigenvalue weighted by atomic mass is 9.96. The summed E-state index contributed by atoms with van der Waals surface area (Å²) < 4.78 is 5.52. The van der Waals surface area contributed by atoms with Gasteiger partial charge in [0.25, 0.3) is 0 Å². The fourth-order valence-electron chi connectivity index (χ4n) is 3.73. The molecule has 3 saturated heterocycles. The van der Waals surface area contributed by atoms with Gasteiger partial charge in [-0.15, -0.1) is 0 Å². The number of rotatable bonds is 4. The van der Waals surface area contributed by atoms with Crippen LogP contribution in [0, 0.1) is 5.92 Å². The molecule has 0 aliphatic carbocycles. The predicted octanol–water partition coefficient (Wildman–Crippen LogP) is -0.137. The molecule has 3 fully saturated rings. The third kappa shape index (κ3) is 3.41. The van der Waals surface area contributed by atoms with Crippen LogP contribution in [0.15, 0.2) is 6.07 Å². The van der Waals surface area contributed by atoms with Gasteiger partial charge < -0.3 is 25.4 Å². The Balaban J connectivity index is 1.56. The molecular formula is C17H25N5O3. The molecule has 1 aromatic rings. The van der Waals surface area contributed by atoms with Crippen molar-refractivity contribution >= 4 is 17.7 Å². The van der Waals surface area contributed by atoms with E-state index in [2.05, 4.69) is 11.0 Å². The van der Waals surface area contributed by atoms with Crippen molar-refractivity contribution in [2.75, 3.05) is 49.2 Å². The molecular weight excluding hydrogens is 322 g/mol. The predicted molar refractivity (Wildman–Crippen MR) is 92.6 cm³/mol. The Morgan fingerprint density at radius 3 is 2.56 bits per heavy atom. The molecule has 1 unspecified atom stereocenters. The molecule has 0 saturated carbocycles. The van der Waals surface area contributed by atoms with Crippen LogP contribution in [-0.4, -0.2) is 66.5 Å². The van der Waals surface area contributed by atoms with Gasteiger partial charge in [-0.1, -0.05) is 0 Å². The molecule has 3 aliphatic heterocycles. The van der Waals surface area contributed by atoms with Crippen molar-refractivity contribution in [2.45, 2.75) is 31.3 Å². The number of aromatic nitrogens is 2. The Bertz CT molecular complexity index is 635. The fraction of sp³-hybridized carbons (Fsp3) is 0.706. The van der Waals surface area contributed by atoms with Crippen molar-refractivity contribution in [2.24, 2.45) is 11.7 Å². The van der Waals surface area contributed by atoms with Gasteiger partial charge in [0.15, 0.2) is 0 Å². The number of ether oxygens (including phenoxy) is 1. The number of aliphatic hydroxyl groups is 1. The maximum absolute atomic E-state index is 11.4. The number of primary amides is 1. The second-order valence-electron chi connectivity index (χ2n) is 7.23. The lowest BCUT2D eigenvalue weighted by Gasteiger charge is -2.37. The smallest absolute Gasteiger partial charge is 0.227 e. The van der Waals surface area contributed by atoms with E-state index in [0.29, 0.717) is 31.6 Å². The number of hydrogen-bond donors (Lipinski definition) is 2. The molecule has 4 heterocycles. The first-order valence-corrected chi connectivity index (χ1v) is 9.04. The summed E-state index contributed by atoms with van der Waals surface area (Å²) in [5.41, 5.74) is 6.44. The highest BCUT2D eigenvalue weighted by Gasteiger charge is 2.30. The van der Waals surface area contributed by atoms with Crippen molar-refractivity contribution < 1.29 is 14.6 Å². The van der Waals surface area contributed by atoms with Crippen molar-refractivity contribution in [3.05, 3.63) is 11.8 Å². The highest BCUT2D eigenvalue weighted by molar-refractivity contribution is 5.77. The number of carbonyl (C=O) groups is 1. The van der Waals surface area contributed by atoms with Gasteiger partial charge in [0.1, 0.15) is 5.82 Å². The van der Waals surface area contributed by atoms with E-state index in [1.807, 2.05) is 4.90 Å². The molecule has 1 atom stereocenters. The number of nitrogens with zero attached hydrogens (tertiary/aromatic N) is 4. The number of piperidine rings is 1. The molecule has 8 nitrogen and oxygen atoms in total. The Morgan fingerprint density at radius 1 is 1.20 bits per heavy atom. The Kier molecular flexibility index (Phi) is 4.47. The maximum atomic E-state index is 11.4. The van der Waals surface area contributed by atoms with Gasteiger partial charge in [0.05, 0.1) is 18.4 Å². The zero-order valence-corrected chi connectivity index (χ0v) is 14.3. The van der Waals surface area contributed by atoms with Crippen LogP contribution >= 0.6 is 0 Å². The lowest BCUT2D eigenvalue weighted by Crippen LogP contribution is -2.51. The van der Waals surface area contributed by atoms with E-state index in [1.165, 1.54) is 0 Å². The molecule has 0 spiro atoms. The van der Waals surface area contributed by atoms with E-state index in [0.717, 1.165) is 50.5 Å². The Hall–Kier alpha value is -1.93. The summed E-state index contributed by atoms with van der Waals surface area (Å²) >= 11 is 0. The molecule has 0 aromatic carbocycles. The average molecular weight is 347 g/mol. The maximum Gasteiger partial charge on any atom is 0.227 e. The second-order valence-corrected chi connectivity index (χ2v) is 7.23. The van der Waals surface area contributed by atoms with Gasteiger partial charge >= 0.3 is 0 Å². The molecule has 3 N–H and O–H groups in total. The van der Waals surface area contributed by atoms with E-state index >= 15 is 0 Å². The van der Waals surface area contributed by atoms with Crippen molar-refractivity contribution in [3.63, 3.8) is 0 Å². The van der Waals surface area contributed by atoms with Gasteiger partial charge in [0, 0.05) is 50.7 Å². The summed E-state index contributed by atoms with van der Waals surface area (Å²) in [6.07, 6.45) is 2.21. The summed E-state index contributed by atoms with van der Waals surface area (Å²) in [5, 5.41) is 9.59. The number of β-amino-alcohol motifs (C(OH)–C–C–N with tert-alkyl or cyclic N) is 1. The third-order valence-corrected chi connectivity index (χ3v) is 5.44. The topological polar surface area (TPSA) is 105 Å². The van der Waals surface area contributed by atoms with Crippen LogP contribution < -0.4 is 15.5 Å². The van der Waals surface area contributed by atoms with E-state index in [4.69, 9.17) is 20.4 Å². The fourth-order valence-corrected chi connectivity index (χ4v) is 3.73. The minimum atomic E-state index is -0.295. The first kappa shape index (κ1) is 16.5. The van der Waals surface area contributed by atoms with Crippen LogP contribution in [0.4, 0.5) is 11.8 Å². The van der Waals surface area contributed by atoms with E-state index in [-0.39, 0.29) is 17.9 Å². The monoisotopic (exact) mass is 347 g/mol. The molecule has 3 aliphatic rings. The molecule has 8 heteroatoms. The van der Waals surface area contributed by atoms with Crippen LogP contribution in [0.2, 0.25) is 0 Å². The van der Waals surface area contributed by atoms with E-state index in [1.54, 1.807) is 0 Å². The number of amides is 1. The minimum Gasteiger partial charge on any atom is -0.389 e. The largest absolute Gasteiger partial charge is 0.389 e. The van der Waals surface area contributed by atoms with Gasteiger partial charge in [-0.25, -0.2) is 4.98 Å². The Morgan fingerprint density at radius 2 is 1.96 bits per heavy atom. The van der Waals surface area contributed by atoms with Crippen molar-refractivity contribution in [1.29, 1.82) is 0 Å². The summed E-state index contributed by atoms with van der Waals surface area (Å²) in [6.45, 7) is 4.16. The van der Waals surface area contributed by atoms with Crippen LogP contribution in [0.25, 0.3) is 0 Å². The molecule has 0 radical (unpaired) electrons. The van der Waals surface area contributed by atoms with Crippen LogP contribution in [-0.2, 0) is 9.53 Å². The first-order valence-electron chi connectivity index (χ1n) is 9.04. The number of aliphatic hydroxyl groups excluding tert-OH is 1.